The van der Waals surface area contributed by atoms with E-state index in [-0.39, 0.29) is 0 Å². The zero-order valence-electron chi connectivity index (χ0n) is 19.5. The van der Waals surface area contributed by atoms with E-state index < -0.39 is 6.23 Å². The second kappa shape index (κ2) is 24.5. The van der Waals surface area contributed by atoms with E-state index in [1.807, 2.05) is 6.20 Å². The van der Waals surface area contributed by atoms with Crippen LogP contribution < -0.4 is 5.32 Å². The van der Waals surface area contributed by atoms with E-state index >= 15 is 0 Å². The van der Waals surface area contributed by atoms with Crippen LogP contribution in [-0.4, -0.2) is 11.3 Å². The van der Waals surface area contributed by atoms with E-state index in [1.54, 1.807) is 6.92 Å². The Balaban J connectivity index is 3.02. The maximum atomic E-state index is 9.06. The average molecular weight is 396 g/mol. The summed E-state index contributed by atoms with van der Waals surface area (Å²) in [5, 5.41) is 11.9. The van der Waals surface area contributed by atoms with E-state index in [0.717, 1.165) is 6.42 Å². The highest BCUT2D eigenvalue weighted by molar-refractivity contribution is 4.79. The molecule has 0 radical (unpaired) electrons. The van der Waals surface area contributed by atoms with Crippen LogP contribution >= 0.6 is 0 Å². The lowest BCUT2D eigenvalue weighted by Crippen LogP contribution is -2.18. The van der Waals surface area contributed by atoms with Gasteiger partial charge in [-0.2, -0.15) is 0 Å². The fourth-order valence-electron chi connectivity index (χ4n) is 3.81. The lowest BCUT2D eigenvalue weighted by atomic mass is 10.0. The average Bonchev–Trinajstić information content (AvgIpc) is 2.68. The van der Waals surface area contributed by atoms with Crippen molar-refractivity contribution in [1.29, 1.82) is 0 Å². The van der Waals surface area contributed by atoms with Gasteiger partial charge >= 0.3 is 0 Å². The molecule has 168 valence electrons. The van der Waals surface area contributed by atoms with Crippen molar-refractivity contribution in [1.82, 2.24) is 5.32 Å². The molecule has 0 amide bonds. The number of nitrogens with one attached hydrogen (secondary N) is 1. The van der Waals surface area contributed by atoms with Crippen LogP contribution in [0.2, 0.25) is 0 Å². The Morgan fingerprint density at radius 3 is 1.21 bits per heavy atom. The molecular formula is C26H53NO. The summed E-state index contributed by atoms with van der Waals surface area (Å²) in [6.07, 6.45) is 33.4. The van der Waals surface area contributed by atoms with Gasteiger partial charge in [0.15, 0.2) is 0 Å². The maximum absolute atomic E-state index is 9.06. The number of hydrogen-bond acceptors (Lipinski definition) is 2. The zero-order chi connectivity index (χ0) is 20.5. The number of rotatable bonds is 23. The second-order valence-corrected chi connectivity index (χ2v) is 8.75. The van der Waals surface area contributed by atoms with Gasteiger partial charge in [0, 0.05) is 0 Å². The van der Waals surface area contributed by atoms with Crippen molar-refractivity contribution in [2.24, 2.45) is 0 Å². The first-order valence-electron chi connectivity index (χ1n) is 12.9. The van der Waals surface area contributed by atoms with Gasteiger partial charge < -0.3 is 10.4 Å². The molecule has 0 aliphatic carbocycles. The van der Waals surface area contributed by atoms with E-state index in [1.165, 1.54) is 128 Å². The third-order valence-corrected chi connectivity index (χ3v) is 5.68. The highest BCUT2D eigenvalue weighted by Gasteiger charge is 1.95. The van der Waals surface area contributed by atoms with Crippen LogP contribution in [0.1, 0.15) is 149 Å². The Morgan fingerprint density at radius 1 is 0.571 bits per heavy atom. The summed E-state index contributed by atoms with van der Waals surface area (Å²) in [4.78, 5) is 0. The Morgan fingerprint density at radius 2 is 0.893 bits per heavy atom. The summed E-state index contributed by atoms with van der Waals surface area (Å²) >= 11 is 0. The number of hydrogen-bond donors (Lipinski definition) is 2. The van der Waals surface area contributed by atoms with E-state index in [2.05, 4.69) is 18.3 Å². The molecule has 0 aromatic heterocycles. The molecular weight excluding hydrogens is 342 g/mol. The molecule has 0 spiro atoms. The molecule has 28 heavy (non-hydrogen) atoms. The molecule has 0 aliphatic heterocycles. The first kappa shape index (κ1) is 27.5. The van der Waals surface area contributed by atoms with Crippen molar-refractivity contribution in [2.75, 3.05) is 0 Å². The van der Waals surface area contributed by atoms with Gasteiger partial charge in [-0.1, -0.05) is 135 Å². The van der Waals surface area contributed by atoms with Crippen molar-refractivity contribution in [3.8, 4) is 0 Å². The van der Waals surface area contributed by atoms with Crippen molar-refractivity contribution in [2.45, 2.75) is 155 Å². The minimum atomic E-state index is -0.439. The minimum Gasteiger partial charge on any atom is -0.374 e. The van der Waals surface area contributed by atoms with Crippen LogP contribution in [0.3, 0.4) is 0 Å². The highest BCUT2D eigenvalue weighted by Crippen LogP contribution is 2.15. The predicted molar refractivity (Wildman–Crippen MR) is 127 cm³/mol. The third kappa shape index (κ3) is 25.5. The van der Waals surface area contributed by atoms with Crippen LogP contribution in [0.15, 0.2) is 12.3 Å². The first-order chi connectivity index (χ1) is 13.8. The topological polar surface area (TPSA) is 32.3 Å². The Bertz CT molecular complexity index is 301. The largest absolute Gasteiger partial charge is 0.374 e. The molecule has 1 atom stereocenters. The van der Waals surface area contributed by atoms with Gasteiger partial charge in [-0.25, -0.2) is 0 Å². The van der Waals surface area contributed by atoms with Gasteiger partial charge in [0.1, 0.15) is 6.23 Å². The smallest absolute Gasteiger partial charge is 0.121 e. The third-order valence-electron chi connectivity index (χ3n) is 5.68. The highest BCUT2D eigenvalue weighted by atomic mass is 16.3. The van der Waals surface area contributed by atoms with Gasteiger partial charge in [-0.3, -0.25) is 0 Å². The Labute approximate surface area is 178 Å². The summed E-state index contributed by atoms with van der Waals surface area (Å²) in [5.74, 6) is 0. The van der Waals surface area contributed by atoms with Crippen molar-refractivity contribution in [3.05, 3.63) is 12.3 Å². The first-order valence-corrected chi connectivity index (χ1v) is 12.9. The Hall–Kier alpha value is -0.500. The molecule has 0 saturated carbocycles. The minimum absolute atomic E-state index is 0.439. The number of aliphatic hydroxyl groups is 1. The molecule has 2 N–H and O–H groups in total. The van der Waals surface area contributed by atoms with E-state index in [0.29, 0.717) is 0 Å². The quantitative estimate of drug-likeness (QED) is 0.134. The molecule has 0 aromatic rings. The summed E-state index contributed by atoms with van der Waals surface area (Å²) in [6.45, 7) is 4.03. The molecule has 0 rings (SSSR count). The van der Waals surface area contributed by atoms with Gasteiger partial charge in [0.05, 0.1) is 0 Å². The van der Waals surface area contributed by atoms with Crippen molar-refractivity contribution in [3.63, 3.8) is 0 Å². The molecule has 1 unspecified atom stereocenters. The maximum Gasteiger partial charge on any atom is 0.121 e. The van der Waals surface area contributed by atoms with E-state index in [9.17, 15) is 0 Å². The molecule has 0 heterocycles. The fourth-order valence-corrected chi connectivity index (χ4v) is 3.81. The predicted octanol–water partition coefficient (Wildman–Crippen LogP) is 8.64. The lowest BCUT2D eigenvalue weighted by molar-refractivity contribution is 0.173. The van der Waals surface area contributed by atoms with E-state index in [4.69, 9.17) is 5.11 Å². The molecule has 0 saturated heterocycles. The molecule has 2 heteroatoms. The second-order valence-electron chi connectivity index (χ2n) is 8.75. The fraction of sp³-hybridized carbons (Fsp3) is 0.923. The summed E-state index contributed by atoms with van der Waals surface area (Å²) in [6, 6.07) is 0. The molecule has 0 bridgehead atoms. The van der Waals surface area contributed by atoms with Crippen LogP contribution in [-0.2, 0) is 0 Å². The number of allylic oxidation sites excluding steroid dienone is 1. The molecule has 0 aliphatic rings. The van der Waals surface area contributed by atoms with Gasteiger partial charge in [0.25, 0.3) is 0 Å². The number of aliphatic hydroxyl groups excluding tert-OH is 1. The molecule has 0 aromatic carbocycles. The van der Waals surface area contributed by atoms with Gasteiger partial charge in [-0.05, 0) is 26.0 Å². The Kier molecular flexibility index (Phi) is 24.1. The normalized spacial score (nSPS) is 12.7. The SMILES string of the molecule is CCCCCCCCCCCCCCCCCCCCCCC=CNC(C)O. The molecule has 2 nitrogen and oxygen atoms in total. The standard InChI is InChI=1S/C26H53NO/c1-3-4-5-6-7-8-9-10-11-12-13-14-15-16-17-18-19-20-21-22-23-24-25-27-26(2)28/h24-28H,3-23H2,1-2H3. The van der Waals surface area contributed by atoms with Crippen molar-refractivity contribution < 1.29 is 5.11 Å². The molecule has 0 fully saturated rings. The number of unbranched alkanes of at least 4 members (excludes halogenated alkanes) is 20. The van der Waals surface area contributed by atoms with Gasteiger partial charge in [-0.15, -0.1) is 0 Å². The zero-order valence-corrected chi connectivity index (χ0v) is 19.5. The monoisotopic (exact) mass is 395 g/mol. The van der Waals surface area contributed by atoms with Crippen LogP contribution in [0.4, 0.5) is 0 Å². The summed E-state index contributed by atoms with van der Waals surface area (Å²) in [5.41, 5.74) is 0. The van der Waals surface area contributed by atoms with Crippen molar-refractivity contribution >= 4 is 0 Å². The van der Waals surface area contributed by atoms with Gasteiger partial charge in [0.2, 0.25) is 0 Å². The summed E-state index contributed by atoms with van der Waals surface area (Å²) < 4.78 is 0. The lowest BCUT2D eigenvalue weighted by Gasteiger charge is -2.04. The summed E-state index contributed by atoms with van der Waals surface area (Å²) in [7, 11) is 0. The van der Waals surface area contributed by atoms with Crippen LogP contribution in [0.25, 0.3) is 0 Å². The van der Waals surface area contributed by atoms with Crippen LogP contribution in [0.5, 0.6) is 0 Å². The van der Waals surface area contributed by atoms with Crippen LogP contribution in [0, 0.1) is 0 Å².